The van der Waals surface area contributed by atoms with Gasteiger partial charge in [-0.2, -0.15) is 0 Å². The van der Waals surface area contributed by atoms with Crippen molar-refractivity contribution in [1.29, 1.82) is 0 Å². The first-order valence-corrected chi connectivity index (χ1v) is 8.71. The highest BCUT2D eigenvalue weighted by molar-refractivity contribution is 5.72. The van der Waals surface area contributed by atoms with E-state index in [-0.39, 0.29) is 24.2 Å². The topological polar surface area (TPSA) is 77.0 Å². The second-order valence-corrected chi connectivity index (χ2v) is 7.14. The molecule has 0 fully saturated rings. The van der Waals surface area contributed by atoms with E-state index in [0.29, 0.717) is 11.4 Å². The minimum Gasteiger partial charge on any atom is -0.506 e. The van der Waals surface area contributed by atoms with Crippen LogP contribution in [0.1, 0.15) is 38.8 Å². The zero-order valence-electron chi connectivity index (χ0n) is 16.4. The Bertz CT molecular complexity index is 765. The van der Waals surface area contributed by atoms with Crippen molar-refractivity contribution in [2.24, 2.45) is 0 Å². The second-order valence-electron chi connectivity index (χ2n) is 7.14. The molecule has 6 heteroatoms. The monoisotopic (exact) mass is 373 g/mol. The summed E-state index contributed by atoms with van der Waals surface area (Å²) in [6.45, 7) is 5.49. The summed E-state index contributed by atoms with van der Waals surface area (Å²) in [5, 5.41) is 13.5. The molecule has 0 heterocycles. The van der Waals surface area contributed by atoms with Gasteiger partial charge in [-0.3, -0.25) is 4.79 Å². The van der Waals surface area contributed by atoms with Crippen LogP contribution in [-0.2, 0) is 9.53 Å². The van der Waals surface area contributed by atoms with E-state index in [0.717, 1.165) is 11.3 Å². The molecule has 0 saturated heterocycles. The average molecular weight is 373 g/mol. The number of hydrogen-bond acceptors (Lipinski definition) is 6. The van der Waals surface area contributed by atoms with Crippen LogP contribution in [0.4, 0.5) is 5.69 Å². The van der Waals surface area contributed by atoms with Gasteiger partial charge in [0.1, 0.15) is 22.8 Å². The number of methoxy groups -OCH3 is 2. The van der Waals surface area contributed by atoms with Crippen LogP contribution in [0.2, 0.25) is 0 Å². The summed E-state index contributed by atoms with van der Waals surface area (Å²) in [6.07, 6.45) is 0.106. The van der Waals surface area contributed by atoms with Crippen LogP contribution < -0.4 is 14.8 Å². The molecule has 0 spiro atoms. The molecule has 2 aromatic rings. The molecular weight excluding hydrogens is 346 g/mol. The fourth-order valence-electron chi connectivity index (χ4n) is 2.59. The van der Waals surface area contributed by atoms with Crippen molar-refractivity contribution in [2.75, 3.05) is 19.5 Å². The van der Waals surface area contributed by atoms with Gasteiger partial charge < -0.3 is 24.6 Å². The quantitative estimate of drug-likeness (QED) is 0.557. The van der Waals surface area contributed by atoms with Gasteiger partial charge in [-0.05, 0) is 50.6 Å². The molecule has 0 aliphatic heterocycles. The number of phenolic OH excluding ortho intramolecular Hbond substituents is 1. The first kappa shape index (κ1) is 20.4. The number of rotatable bonds is 7. The van der Waals surface area contributed by atoms with Gasteiger partial charge in [-0.1, -0.05) is 12.1 Å². The SMILES string of the molecule is COc1ccc([C@@H](CC(=O)OC(C)(C)C)Nc2ccc(OC)cc2O)cc1. The largest absolute Gasteiger partial charge is 0.506 e. The highest BCUT2D eigenvalue weighted by Crippen LogP contribution is 2.33. The van der Waals surface area contributed by atoms with Crippen molar-refractivity contribution in [3.63, 3.8) is 0 Å². The number of nitrogens with one attached hydrogen (secondary N) is 1. The zero-order valence-corrected chi connectivity index (χ0v) is 16.4. The maximum atomic E-state index is 12.4. The molecule has 2 aromatic carbocycles. The molecule has 2 rings (SSSR count). The smallest absolute Gasteiger partial charge is 0.308 e. The molecule has 0 aliphatic rings. The highest BCUT2D eigenvalue weighted by atomic mass is 16.6. The highest BCUT2D eigenvalue weighted by Gasteiger charge is 2.22. The Morgan fingerprint density at radius 1 is 1.04 bits per heavy atom. The number of ether oxygens (including phenoxy) is 3. The number of carbonyl (C=O) groups excluding carboxylic acids is 1. The van der Waals surface area contributed by atoms with Crippen molar-refractivity contribution >= 4 is 11.7 Å². The molecule has 2 N–H and O–H groups in total. The summed E-state index contributed by atoms with van der Waals surface area (Å²) < 4.78 is 15.8. The van der Waals surface area contributed by atoms with Gasteiger partial charge in [0, 0.05) is 6.07 Å². The minimum atomic E-state index is -0.566. The molecule has 0 bridgehead atoms. The van der Waals surface area contributed by atoms with Gasteiger partial charge in [-0.25, -0.2) is 0 Å². The van der Waals surface area contributed by atoms with Crippen LogP contribution in [0, 0.1) is 0 Å². The van der Waals surface area contributed by atoms with E-state index >= 15 is 0 Å². The Morgan fingerprint density at radius 3 is 2.15 bits per heavy atom. The van der Waals surface area contributed by atoms with E-state index in [1.54, 1.807) is 19.2 Å². The molecule has 6 nitrogen and oxygen atoms in total. The number of carbonyl (C=O) groups is 1. The van der Waals surface area contributed by atoms with E-state index in [2.05, 4.69) is 5.32 Å². The predicted octanol–water partition coefficient (Wildman–Crippen LogP) is 4.29. The van der Waals surface area contributed by atoms with Gasteiger partial charge >= 0.3 is 5.97 Å². The molecular formula is C21H27NO5. The maximum absolute atomic E-state index is 12.4. The minimum absolute atomic E-state index is 0.0389. The number of aromatic hydroxyl groups is 1. The molecule has 0 amide bonds. The predicted molar refractivity (Wildman–Crippen MR) is 104 cm³/mol. The van der Waals surface area contributed by atoms with Crippen molar-refractivity contribution in [1.82, 2.24) is 0 Å². The Labute approximate surface area is 160 Å². The van der Waals surface area contributed by atoms with Crippen molar-refractivity contribution in [3.05, 3.63) is 48.0 Å². The van der Waals surface area contributed by atoms with Crippen molar-refractivity contribution < 1.29 is 24.1 Å². The Hall–Kier alpha value is -2.89. The van der Waals surface area contributed by atoms with Crippen LogP contribution in [-0.4, -0.2) is 30.9 Å². The van der Waals surface area contributed by atoms with Crippen LogP contribution >= 0.6 is 0 Å². The van der Waals surface area contributed by atoms with Crippen molar-refractivity contribution in [2.45, 2.75) is 38.8 Å². The second kappa shape index (κ2) is 8.66. The van der Waals surface area contributed by atoms with Gasteiger partial charge in [0.05, 0.1) is 32.4 Å². The lowest BCUT2D eigenvalue weighted by Gasteiger charge is -2.24. The Balaban J connectivity index is 2.26. The van der Waals surface area contributed by atoms with E-state index in [4.69, 9.17) is 14.2 Å². The van der Waals surface area contributed by atoms with Crippen LogP contribution in [0.25, 0.3) is 0 Å². The summed E-state index contributed by atoms with van der Waals surface area (Å²) in [5.41, 5.74) is 0.807. The molecule has 27 heavy (non-hydrogen) atoms. The third-order valence-corrected chi connectivity index (χ3v) is 3.84. The van der Waals surface area contributed by atoms with E-state index in [1.807, 2.05) is 45.0 Å². The van der Waals surface area contributed by atoms with Gasteiger partial charge in [0.2, 0.25) is 0 Å². The molecule has 0 radical (unpaired) electrons. The van der Waals surface area contributed by atoms with Crippen LogP contribution in [0.5, 0.6) is 17.2 Å². The number of phenols is 1. The third-order valence-electron chi connectivity index (χ3n) is 3.84. The first-order valence-electron chi connectivity index (χ1n) is 8.71. The Kier molecular flexibility index (Phi) is 6.55. The number of hydrogen-bond donors (Lipinski definition) is 2. The van der Waals surface area contributed by atoms with Gasteiger partial charge in [-0.15, -0.1) is 0 Å². The van der Waals surface area contributed by atoms with Crippen LogP contribution in [0.15, 0.2) is 42.5 Å². The maximum Gasteiger partial charge on any atom is 0.308 e. The molecule has 1 atom stereocenters. The number of benzene rings is 2. The normalized spacial score (nSPS) is 12.2. The molecule has 146 valence electrons. The summed E-state index contributed by atoms with van der Waals surface area (Å²) in [4.78, 5) is 12.4. The number of esters is 1. The molecule has 0 aromatic heterocycles. The third kappa shape index (κ3) is 6.09. The summed E-state index contributed by atoms with van der Waals surface area (Å²) in [5.74, 6) is 0.981. The van der Waals surface area contributed by atoms with E-state index < -0.39 is 5.60 Å². The standard InChI is InChI=1S/C21H27NO5/c1-21(2,3)27-20(24)13-18(14-6-8-15(25-4)9-7-14)22-17-11-10-16(26-5)12-19(17)23/h6-12,18,22-23H,13H2,1-5H3/t18-/m1/s1. The zero-order chi connectivity index (χ0) is 20.0. The van der Waals surface area contributed by atoms with E-state index in [9.17, 15) is 9.90 Å². The van der Waals surface area contributed by atoms with Gasteiger partial charge in [0.25, 0.3) is 0 Å². The summed E-state index contributed by atoms with van der Waals surface area (Å²) >= 11 is 0. The Morgan fingerprint density at radius 2 is 1.63 bits per heavy atom. The first-order chi connectivity index (χ1) is 12.7. The lowest BCUT2D eigenvalue weighted by atomic mass is 10.0. The summed E-state index contributed by atoms with van der Waals surface area (Å²) in [7, 11) is 3.13. The van der Waals surface area contributed by atoms with E-state index in [1.165, 1.54) is 13.2 Å². The molecule has 0 saturated carbocycles. The summed E-state index contributed by atoms with van der Waals surface area (Å²) in [6, 6.07) is 12.0. The molecule has 0 aliphatic carbocycles. The van der Waals surface area contributed by atoms with Crippen molar-refractivity contribution in [3.8, 4) is 17.2 Å². The number of anilines is 1. The van der Waals surface area contributed by atoms with Crippen LogP contribution in [0.3, 0.4) is 0 Å². The fourth-order valence-corrected chi connectivity index (χ4v) is 2.59. The fraction of sp³-hybridized carbons (Fsp3) is 0.381. The van der Waals surface area contributed by atoms with Gasteiger partial charge in [0.15, 0.2) is 0 Å². The lowest BCUT2D eigenvalue weighted by Crippen LogP contribution is -2.26. The lowest BCUT2D eigenvalue weighted by molar-refractivity contribution is -0.155. The molecule has 0 unspecified atom stereocenters. The average Bonchev–Trinajstić information content (AvgIpc) is 2.61.